The summed E-state index contributed by atoms with van der Waals surface area (Å²) in [6.07, 6.45) is 0. The number of carbonyl (C=O) groups excluding carboxylic acids is 1. The monoisotopic (exact) mass is 263 g/mol. The molecule has 5 heteroatoms. The second-order valence-electron chi connectivity index (χ2n) is 4.95. The molecule has 0 atom stereocenters. The molecule has 0 aliphatic carbocycles. The smallest absolute Gasteiger partial charge is 0.236 e. The minimum absolute atomic E-state index is 0.116. The van der Waals surface area contributed by atoms with Crippen LogP contribution in [-0.2, 0) is 11.3 Å². The SMILES string of the molecule is CN(Cc1cccc(O)c1)C(=O)CN1CCNCC1. The maximum Gasteiger partial charge on any atom is 0.236 e. The summed E-state index contributed by atoms with van der Waals surface area (Å²) in [6, 6.07) is 7.02. The minimum atomic E-state index is 0.116. The Bertz CT molecular complexity index is 430. The molecule has 1 saturated heterocycles. The number of rotatable bonds is 4. The highest BCUT2D eigenvalue weighted by Gasteiger charge is 2.16. The highest BCUT2D eigenvalue weighted by Crippen LogP contribution is 2.12. The molecule has 0 bridgehead atoms. The number of likely N-dealkylation sites (N-methyl/N-ethyl adjacent to an activating group) is 1. The van der Waals surface area contributed by atoms with E-state index in [1.807, 2.05) is 6.07 Å². The van der Waals surface area contributed by atoms with Gasteiger partial charge < -0.3 is 15.3 Å². The zero-order chi connectivity index (χ0) is 13.7. The molecule has 1 fully saturated rings. The molecule has 5 nitrogen and oxygen atoms in total. The average Bonchev–Trinajstić information content (AvgIpc) is 2.40. The molecule has 0 aromatic heterocycles. The van der Waals surface area contributed by atoms with E-state index in [1.165, 1.54) is 0 Å². The van der Waals surface area contributed by atoms with Gasteiger partial charge in [-0.1, -0.05) is 12.1 Å². The van der Waals surface area contributed by atoms with Gasteiger partial charge in [-0.25, -0.2) is 0 Å². The average molecular weight is 263 g/mol. The van der Waals surface area contributed by atoms with Crippen molar-refractivity contribution in [2.24, 2.45) is 0 Å². The quantitative estimate of drug-likeness (QED) is 0.818. The number of hydrogen-bond acceptors (Lipinski definition) is 4. The van der Waals surface area contributed by atoms with Crippen molar-refractivity contribution in [1.82, 2.24) is 15.1 Å². The summed E-state index contributed by atoms with van der Waals surface area (Å²) in [6.45, 7) is 4.74. The number of benzene rings is 1. The van der Waals surface area contributed by atoms with Gasteiger partial charge in [-0.3, -0.25) is 9.69 Å². The third kappa shape index (κ3) is 4.22. The van der Waals surface area contributed by atoms with Gasteiger partial charge in [0.15, 0.2) is 0 Å². The van der Waals surface area contributed by atoms with Crippen molar-refractivity contribution in [1.29, 1.82) is 0 Å². The summed E-state index contributed by atoms with van der Waals surface area (Å²) >= 11 is 0. The first-order valence-electron chi connectivity index (χ1n) is 6.60. The molecule has 0 radical (unpaired) electrons. The lowest BCUT2D eigenvalue weighted by molar-refractivity contribution is -0.131. The molecule has 1 heterocycles. The van der Waals surface area contributed by atoms with Crippen molar-refractivity contribution in [3.05, 3.63) is 29.8 Å². The predicted molar refractivity (Wildman–Crippen MR) is 73.9 cm³/mol. The van der Waals surface area contributed by atoms with Crippen molar-refractivity contribution in [3.8, 4) is 5.75 Å². The number of hydrogen-bond donors (Lipinski definition) is 2. The molecular formula is C14H21N3O2. The predicted octanol–water partition coefficient (Wildman–Crippen LogP) is 0.256. The number of piperazine rings is 1. The lowest BCUT2D eigenvalue weighted by Gasteiger charge is -2.28. The van der Waals surface area contributed by atoms with Gasteiger partial charge in [-0.15, -0.1) is 0 Å². The first-order chi connectivity index (χ1) is 9.15. The van der Waals surface area contributed by atoms with Gasteiger partial charge in [0.1, 0.15) is 5.75 Å². The molecule has 2 N–H and O–H groups in total. The van der Waals surface area contributed by atoms with Crippen LogP contribution in [0.3, 0.4) is 0 Å². The fourth-order valence-electron chi connectivity index (χ4n) is 2.20. The fraction of sp³-hybridized carbons (Fsp3) is 0.500. The number of phenols is 1. The Morgan fingerprint density at radius 1 is 1.42 bits per heavy atom. The highest BCUT2D eigenvalue weighted by atomic mass is 16.3. The summed E-state index contributed by atoms with van der Waals surface area (Å²) in [5.74, 6) is 0.352. The van der Waals surface area contributed by atoms with E-state index < -0.39 is 0 Å². The van der Waals surface area contributed by atoms with E-state index in [2.05, 4.69) is 10.2 Å². The van der Waals surface area contributed by atoms with Gasteiger partial charge in [-0.2, -0.15) is 0 Å². The topological polar surface area (TPSA) is 55.8 Å². The van der Waals surface area contributed by atoms with Crippen LogP contribution in [0, 0.1) is 0 Å². The number of nitrogens with zero attached hydrogens (tertiary/aromatic N) is 2. The van der Waals surface area contributed by atoms with Gasteiger partial charge in [0.25, 0.3) is 0 Å². The second-order valence-corrected chi connectivity index (χ2v) is 4.95. The molecule has 1 aromatic carbocycles. The van der Waals surface area contributed by atoms with E-state index in [0.29, 0.717) is 13.1 Å². The van der Waals surface area contributed by atoms with Crippen molar-refractivity contribution in [2.45, 2.75) is 6.54 Å². The molecule has 104 valence electrons. The van der Waals surface area contributed by atoms with Crippen molar-refractivity contribution < 1.29 is 9.90 Å². The maximum atomic E-state index is 12.1. The lowest BCUT2D eigenvalue weighted by atomic mass is 10.2. The first-order valence-corrected chi connectivity index (χ1v) is 6.60. The van der Waals surface area contributed by atoms with Crippen LogP contribution in [0.1, 0.15) is 5.56 Å². The molecular weight excluding hydrogens is 242 g/mol. The standard InChI is InChI=1S/C14H21N3O2/c1-16(10-12-3-2-4-13(18)9-12)14(19)11-17-7-5-15-6-8-17/h2-4,9,15,18H,5-8,10-11H2,1H3. The Morgan fingerprint density at radius 2 is 2.16 bits per heavy atom. The van der Waals surface area contributed by atoms with Crippen LogP contribution in [0.4, 0.5) is 0 Å². The van der Waals surface area contributed by atoms with E-state index in [4.69, 9.17) is 0 Å². The lowest BCUT2D eigenvalue weighted by Crippen LogP contribution is -2.47. The minimum Gasteiger partial charge on any atom is -0.508 e. The van der Waals surface area contributed by atoms with Gasteiger partial charge >= 0.3 is 0 Å². The largest absolute Gasteiger partial charge is 0.508 e. The Hall–Kier alpha value is -1.59. The van der Waals surface area contributed by atoms with Gasteiger partial charge in [0, 0.05) is 39.8 Å². The normalized spacial score (nSPS) is 16.3. The zero-order valence-corrected chi connectivity index (χ0v) is 11.3. The Balaban J connectivity index is 1.84. The zero-order valence-electron chi connectivity index (χ0n) is 11.3. The fourth-order valence-corrected chi connectivity index (χ4v) is 2.20. The van der Waals surface area contributed by atoms with E-state index in [1.54, 1.807) is 30.1 Å². The number of nitrogens with one attached hydrogen (secondary N) is 1. The molecule has 19 heavy (non-hydrogen) atoms. The summed E-state index contributed by atoms with van der Waals surface area (Å²) in [7, 11) is 1.80. The molecule has 1 aliphatic heterocycles. The number of amides is 1. The first kappa shape index (κ1) is 13.8. The second kappa shape index (κ2) is 6.54. The molecule has 1 amide bonds. The van der Waals surface area contributed by atoms with E-state index >= 15 is 0 Å². The van der Waals surface area contributed by atoms with Crippen molar-refractivity contribution in [3.63, 3.8) is 0 Å². The van der Waals surface area contributed by atoms with E-state index in [9.17, 15) is 9.90 Å². The van der Waals surface area contributed by atoms with Crippen LogP contribution in [0.25, 0.3) is 0 Å². The Morgan fingerprint density at radius 3 is 2.84 bits per heavy atom. The molecule has 0 unspecified atom stereocenters. The number of aromatic hydroxyl groups is 1. The van der Waals surface area contributed by atoms with Gasteiger partial charge in [-0.05, 0) is 17.7 Å². The van der Waals surface area contributed by atoms with Gasteiger partial charge in [0.2, 0.25) is 5.91 Å². The van der Waals surface area contributed by atoms with Crippen LogP contribution in [0.2, 0.25) is 0 Å². The Kier molecular flexibility index (Phi) is 4.76. The summed E-state index contributed by atoms with van der Waals surface area (Å²) in [4.78, 5) is 16.0. The van der Waals surface area contributed by atoms with E-state index in [-0.39, 0.29) is 11.7 Å². The van der Waals surface area contributed by atoms with Gasteiger partial charge in [0.05, 0.1) is 6.54 Å². The van der Waals surface area contributed by atoms with Crippen molar-refractivity contribution in [2.75, 3.05) is 39.8 Å². The Labute approximate surface area is 113 Å². The molecule has 0 spiro atoms. The van der Waals surface area contributed by atoms with E-state index in [0.717, 1.165) is 31.7 Å². The third-order valence-electron chi connectivity index (χ3n) is 3.32. The van der Waals surface area contributed by atoms with Crippen molar-refractivity contribution >= 4 is 5.91 Å². The molecule has 1 aliphatic rings. The maximum absolute atomic E-state index is 12.1. The van der Waals surface area contributed by atoms with Crippen LogP contribution >= 0.6 is 0 Å². The van der Waals surface area contributed by atoms with Crippen LogP contribution in [-0.4, -0.2) is 60.6 Å². The number of phenolic OH excluding ortho intramolecular Hbond substituents is 1. The molecule has 1 aromatic rings. The third-order valence-corrected chi connectivity index (χ3v) is 3.32. The number of carbonyl (C=O) groups is 1. The summed E-state index contributed by atoms with van der Waals surface area (Å²) in [5.41, 5.74) is 0.941. The summed E-state index contributed by atoms with van der Waals surface area (Å²) < 4.78 is 0. The molecule has 0 saturated carbocycles. The van der Waals surface area contributed by atoms with Crippen LogP contribution < -0.4 is 5.32 Å². The summed E-state index contributed by atoms with van der Waals surface area (Å²) in [5, 5.41) is 12.7. The van der Waals surface area contributed by atoms with Crippen LogP contribution in [0.5, 0.6) is 5.75 Å². The van der Waals surface area contributed by atoms with Crippen LogP contribution in [0.15, 0.2) is 24.3 Å². The molecule has 2 rings (SSSR count). The highest BCUT2D eigenvalue weighted by molar-refractivity contribution is 5.78.